The van der Waals surface area contributed by atoms with Crippen molar-refractivity contribution >= 4 is 38.4 Å². The van der Waals surface area contributed by atoms with E-state index in [2.05, 4.69) is 26.2 Å². The number of halogens is 2. The molecule has 1 aromatic heterocycles. The van der Waals surface area contributed by atoms with Gasteiger partial charge in [-0.05, 0) is 57.7 Å². The predicted octanol–water partition coefficient (Wildman–Crippen LogP) is 4.32. The van der Waals surface area contributed by atoms with E-state index in [0.29, 0.717) is 15.7 Å². The summed E-state index contributed by atoms with van der Waals surface area (Å²) in [5.41, 5.74) is 1.80. The standard InChI is InChI=1S/C15H10BrFN2O/c16-12-4-3-11(17)8-14(12)19-15(20)10-2-1-9-5-6-18-13(9)7-10/h1-8,18H,(H,19,20). The van der Waals surface area contributed by atoms with E-state index in [1.165, 1.54) is 12.1 Å². The molecule has 0 aliphatic heterocycles. The number of hydrogen-bond acceptors (Lipinski definition) is 1. The summed E-state index contributed by atoms with van der Waals surface area (Å²) in [7, 11) is 0. The fourth-order valence-electron chi connectivity index (χ4n) is 1.98. The number of fused-ring (bicyclic) bond motifs is 1. The Morgan fingerprint density at radius 1 is 1.15 bits per heavy atom. The van der Waals surface area contributed by atoms with Gasteiger partial charge in [0.25, 0.3) is 5.91 Å². The van der Waals surface area contributed by atoms with E-state index in [1.54, 1.807) is 18.2 Å². The Balaban J connectivity index is 1.90. The van der Waals surface area contributed by atoms with Crippen LogP contribution in [0.3, 0.4) is 0 Å². The number of amides is 1. The molecule has 0 aliphatic carbocycles. The molecule has 0 radical (unpaired) electrons. The van der Waals surface area contributed by atoms with Gasteiger partial charge in [-0.3, -0.25) is 4.79 Å². The van der Waals surface area contributed by atoms with E-state index in [1.807, 2.05) is 18.3 Å². The first-order chi connectivity index (χ1) is 9.63. The molecule has 3 rings (SSSR count). The molecule has 0 saturated heterocycles. The molecule has 3 aromatic rings. The lowest BCUT2D eigenvalue weighted by Gasteiger charge is -2.07. The molecule has 2 N–H and O–H groups in total. The van der Waals surface area contributed by atoms with Crippen LogP contribution in [-0.4, -0.2) is 10.9 Å². The maximum atomic E-state index is 13.2. The summed E-state index contributed by atoms with van der Waals surface area (Å²) in [6.07, 6.45) is 1.81. The van der Waals surface area contributed by atoms with Crippen molar-refractivity contribution < 1.29 is 9.18 Å². The van der Waals surface area contributed by atoms with Gasteiger partial charge in [-0.2, -0.15) is 0 Å². The van der Waals surface area contributed by atoms with Crippen molar-refractivity contribution in [1.29, 1.82) is 0 Å². The quantitative estimate of drug-likeness (QED) is 0.721. The second kappa shape index (κ2) is 5.09. The lowest BCUT2D eigenvalue weighted by atomic mass is 10.1. The summed E-state index contributed by atoms with van der Waals surface area (Å²) in [4.78, 5) is 15.2. The highest BCUT2D eigenvalue weighted by Crippen LogP contribution is 2.24. The van der Waals surface area contributed by atoms with Crippen molar-refractivity contribution in [2.24, 2.45) is 0 Å². The number of hydrogen-bond donors (Lipinski definition) is 2. The second-order valence-corrected chi connectivity index (χ2v) is 5.21. The maximum absolute atomic E-state index is 13.2. The van der Waals surface area contributed by atoms with Crippen LogP contribution in [0.2, 0.25) is 0 Å². The summed E-state index contributed by atoms with van der Waals surface area (Å²) >= 11 is 3.28. The molecule has 0 unspecified atom stereocenters. The minimum Gasteiger partial charge on any atom is -0.361 e. The molecular weight excluding hydrogens is 323 g/mol. The molecule has 2 aromatic carbocycles. The molecular formula is C15H10BrFN2O. The van der Waals surface area contributed by atoms with Gasteiger partial charge in [0.15, 0.2) is 0 Å². The first-order valence-corrected chi connectivity index (χ1v) is 6.76. The molecule has 0 spiro atoms. The van der Waals surface area contributed by atoms with Crippen molar-refractivity contribution in [2.45, 2.75) is 0 Å². The molecule has 5 heteroatoms. The number of H-pyrrole nitrogens is 1. The number of aromatic amines is 1. The van der Waals surface area contributed by atoms with Crippen molar-refractivity contribution in [2.75, 3.05) is 5.32 Å². The van der Waals surface area contributed by atoms with Gasteiger partial charge in [0.05, 0.1) is 5.69 Å². The van der Waals surface area contributed by atoms with E-state index in [0.717, 1.165) is 10.9 Å². The highest BCUT2D eigenvalue weighted by atomic mass is 79.9. The Bertz CT molecular complexity index is 797. The summed E-state index contributed by atoms with van der Waals surface area (Å²) in [5, 5.41) is 3.72. The molecule has 0 aliphatic rings. The Morgan fingerprint density at radius 3 is 2.85 bits per heavy atom. The van der Waals surface area contributed by atoms with E-state index < -0.39 is 5.82 Å². The van der Waals surface area contributed by atoms with Crippen molar-refractivity contribution in [1.82, 2.24) is 4.98 Å². The zero-order chi connectivity index (χ0) is 14.1. The van der Waals surface area contributed by atoms with Gasteiger partial charge in [0.1, 0.15) is 5.82 Å². The molecule has 1 heterocycles. The third-order valence-electron chi connectivity index (χ3n) is 2.99. The Morgan fingerprint density at radius 2 is 2.00 bits per heavy atom. The highest BCUT2D eigenvalue weighted by Gasteiger charge is 2.10. The Hall–Kier alpha value is -2.14. The van der Waals surface area contributed by atoms with Crippen LogP contribution in [0.1, 0.15) is 10.4 Å². The summed E-state index contributed by atoms with van der Waals surface area (Å²) in [6.45, 7) is 0. The largest absolute Gasteiger partial charge is 0.361 e. The van der Waals surface area contributed by atoms with Crippen LogP contribution in [0.5, 0.6) is 0 Å². The second-order valence-electron chi connectivity index (χ2n) is 4.36. The fraction of sp³-hybridized carbons (Fsp3) is 0. The van der Waals surface area contributed by atoms with E-state index in [4.69, 9.17) is 0 Å². The predicted molar refractivity (Wildman–Crippen MR) is 80.4 cm³/mol. The van der Waals surface area contributed by atoms with Crippen LogP contribution in [0.25, 0.3) is 10.9 Å². The number of carbonyl (C=O) groups is 1. The summed E-state index contributed by atoms with van der Waals surface area (Å²) in [5.74, 6) is -0.684. The van der Waals surface area contributed by atoms with Crippen LogP contribution < -0.4 is 5.32 Å². The van der Waals surface area contributed by atoms with E-state index in [-0.39, 0.29) is 5.91 Å². The lowest BCUT2D eigenvalue weighted by Crippen LogP contribution is -2.12. The van der Waals surface area contributed by atoms with Crippen LogP contribution in [0.4, 0.5) is 10.1 Å². The minimum absolute atomic E-state index is 0.284. The normalized spacial score (nSPS) is 10.7. The van der Waals surface area contributed by atoms with Gasteiger partial charge in [0, 0.05) is 21.7 Å². The minimum atomic E-state index is -0.400. The van der Waals surface area contributed by atoms with Gasteiger partial charge >= 0.3 is 0 Å². The Labute approximate surface area is 122 Å². The molecule has 100 valence electrons. The number of nitrogens with one attached hydrogen (secondary N) is 2. The summed E-state index contributed by atoms with van der Waals surface area (Å²) in [6, 6.07) is 11.4. The number of carbonyl (C=O) groups excluding carboxylic acids is 1. The van der Waals surface area contributed by atoms with Crippen molar-refractivity contribution in [3.63, 3.8) is 0 Å². The number of aromatic nitrogens is 1. The molecule has 0 saturated carbocycles. The average molecular weight is 333 g/mol. The van der Waals surface area contributed by atoms with Crippen molar-refractivity contribution in [3.05, 3.63) is 64.5 Å². The van der Waals surface area contributed by atoms with Gasteiger partial charge in [-0.15, -0.1) is 0 Å². The smallest absolute Gasteiger partial charge is 0.255 e. The topological polar surface area (TPSA) is 44.9 Å². The highest BCUT2D eigenvalue weighted by molar-refractivity contribution is 9.10. The number of anilines is 1. The van der Waals surface area contributed by atoms with Crippen LogP contribution in [0, 0.1) is 5.82 Å². The van der Waals surface area contributed by atoms with Gasteiger partial charge in [-0.1, -0.05) is 6.07 Å². The Kier molecular flexibility index (Phi) is 3.28. The van der Waals surface area contributed by atoms with Crippen LogP contribution >= 0.6 is 15.9 Å². The zero-order valence-corrected chi connectivity index (χ0v) is 11.9. The number of rotatable bonds is 2. The average Bonchev–Trinajstić information content (AvgIpc) is 2.90. The van der Waals surface area contributed by atoms with E-state index in [9.17, 15) is 9.18 Å². The molecule has 3 nitrogen and oxygen atoms in total. The third-order valence-corrected chi connectivity index (χ3v) is 3.69. The van der Waals surface area contributed by atoms with Gasteiger partial charge in [-0.25, -0.2) is 4.39 Å². The molecule has 20 heavy (non-hydrogen) atoms. The maximum Gasteiger partial charge on any atom is 0.255 e. The van der Waals surface area contributed by atoms with Gasteiger partial charge < -0.3 is 10.3 Å². The SMILES string of the molecule is O=C(Nc1cc(F)ccc1Br)c1ccc2cc[nH]c2c1. The molecule has 0 fully saturated rings. The van der Waals surface area contributed by atoms with Crippen molar-refractivity contribution in [3.8, 4) is 0 Å². The molecule has 1 amide bonds. The number of benzene rings is 2. The lowest BCUT2D eigenvalue weighted by molar-refractivity contribution is 0.102. The molecule has 0 bridgehead atoms. The monoisotopic (exact) mass is 332 g/mol. The first-order valence-electron chi connectivity index (χ1n) is 5.97. The fourth-order valence-corrected chi connectivity index (χ4v) is 2.32. The third kappa shape index (κ3) is 2.44. The first kappa shape index (κ1) is 12.9. The van der Waals surface area contributed by atoms with Crippen LogP contribution in [-0.2, 0) is 0 Å². The zero-order valence-electron chi connectivity index (χ0n) is 10.3. The summed E-state index contributed by atoms with van der Waals surface area (Å²) < 4.78 is 13.8. The van der Waals surface area contributed by atoms with Crippen LogP contribution in [0.15, 0.2) is 53.1 Å². The van der Waals surface area contributed by atoms with Gasteiger partial charge in [0.2, 0.25) is 0 Å². The molecule has 0 atom stereocenters. The van der Waals surface area contributed by atoms with E-state index >= 15 is 0 Å².